The van der Waals surface area contributed by atoms with Crippen molar-refractivity contribution in [3.05, 3.63) is 29.2 Å². The summed E-state index contributed by atoms with van der Waals surface area (Å²) < 4.78 is 5.02. The summed E-state index contributed by atoms with van der Waals surface area (Å²) in [5.41, 5.74) is 1.88. The van der Waals surface area contributed by atoms with E-state index in [4.69, 9.17) is 4.74 Å². The van der Waals surface area contributed by atoms with Crippen molar-refractivity contribution >= 4 is 28.2 Å². The van der Waals surface area contributed by atoms with Gasteiger partial charge < -0.3 is 15.0 Å². The number of aromatic nitrogens is 3. The van der Waals surface area contributed by atoms with Crippen LogP contribution >= 0.6 is 11.3 Å². The van der Waals surface area contributed by atoms with E-state index in [1.807, 2.05) is 17.2 Å². The fourth-order valence-corrected chi connectivity index (χ4v) is 3.72. The highest BCUT2D eigenvalue weighted by Gasteiger charge is 2.27. The van der Waals surface area contributed by atoms with Crippen LogP contribution in [0, 0.1) is 6.92 Å². The van der Waals surface area contributed by atoms with Gasteiger partial charge in [0.25, 0.3) is 0 Å². The maximum absolute atomic E-state index is 12.3. The fourth-order valence-electron chi connectivity index (χ4n) is 3.03. The Morgan fingerprint density at radius 3 is 3.04 bits per heavy atom. The Hall–Kier alpha value is -2.06. The maximum atomic E-state index is 12.3. The van der Waals surface area contributed by atoms with E-state index in [0.29, 0.717) is 19.6 Å². The zero-order valence-corrected chi connectivity index (χ0v) is 15.4. The Morgan fingerprint density at radius 1 is 1.44 bits per heavy atom. The Balaban J connectivity index is 1.73. The second kappa shape index (κ2) is 8.35. The Bertz CT molecular complexity index is 721. The first-order valence-corrected chi connectivity index (χ1v) is 9.32. The van der Waals surface area contributed by atoms with Gasteiger partial charge in [-0.3, -0.25) is 9.78 Å². The topological polar surface area (TPSA) is 80.2 Å². The number of carbonyl (C=O) groups excluding carboxylic acids is 1. The van der Waals surface area contributed by atoms with E-state index in [0.717, 1.165) is 41.7 Å². The molecule has 1 aliphatic heterocycles. The van der Waals surface area contributed by atoms with Crippen molar-refractivity contribution in [3.63, 3.8) is 0 Å². The molecule has 0 radical (unpaired) electrons. The van der Waals surface area contributed by atoms with Gasteiger partial charge in [0.05, 0.1) is 24.4 Å². The second-order valence-corrected chi connectivity index (χ2v) is 6.99. The molecule has 0 saturated carbocycles. The van der Waals surface area contributed by atoms with Gasteiger partial charge in [0.1, 0.15) is 0 Å². The molecule has 2 aromatic rings. The quantitative estimate of drug-likeness (QED) is 0.852. The molecule has 1 atom stereocenters. The average Bonchev–Trinajstić information content (AvgIpc) is 3.05. The number of methoxy groups -OCH3 is 1. The summed E-state index contributed by atoms with van der Waals surface area (Å²) in [6.45, 7) is 3.89. The van der Waals surface area contributed by atoms with Crippen molar-refractivity contribution in [1.29, 1.82) is 0 Å². The van der Waals surface area contributed by atoms with E-state index >= 15 is 0 Å². The zero-order valence-electron chi connectivity index (χ0n) is 14.6. The van der Waals surface area contributed by atoms with Gasteiger partial charge in [-0.15, -0.1) is 11.3 Å². The normalized spacial score (nSPS) is 17.5. The van der Waals surface area contributed by atoms with E-state index < -0.39 is 0 Å². The molecule has 2 aromatic heterocycles. The van der Waals surface area contributed by atoms with Crippen LogP contribution in [-0.2, 0) is 9.53 Å². The van der Waals surface area contributed by atoms with Crippen LogP contribution in [0.15, 0.2) is 17.8 Å². The fraction of sp³-hybridized carbons (Fsp3) is 0.529. The largest absolute Gasteiger partial charge is 0.384 e. The Morgan fingerprint density at radius 2 is 2.28 bits per heavy atom. The Kier molecular flexibility index (Phi) is 5.93. The number of rotatable bonds is 6. The van der Waals surface area contributed by atoms with Crippen LogP contribution in [0.1, 0.15) is 36.6 Å². The number of carbonyl (C=O) groups is 1. The second-order valence-electron chi connectivity index (χ2n) is 6.13. The molecule has 1 N–H and O–H groups in total. The van der Waals surface area contributed by atoms with Gasteiger partial charge in [-0.05, 0) is 19.8 Å². The lowest BCUT2D eigenvalue weighted by atomic mass is 9.94. The lowest BCUT2D eigenvalue weighted by Gasteiger charge is -2.33. The standard InChI is InChI=1S/C17H23N5O2S/c1-12-11-25-17(20-12)21-16-15(18-6-7-19-16)13-4-3-8-22(10-13)14(23)5-9-24-2/h6-7,11,13H,3-5,8-10H2,1-2H3,(H,19,20,21). The molecule has 3 heterocycles. The number of hydrogen-bond acceptors (Lipinski definition) is 7. The van der Waals surface area contributed by atoms with Gasteiger partial charge in [0.15, 0.2) is 10.9 Å². The molecular formula is C17H23N5O2S. The number of likely N-dealkylation sites (tertiary alicyclic amines) is 1. The molecule has 1 saturated heterocycles. The first-order chi connectivity index (χ1) is 12.2. The molecule has 0 aromatic carbocycles. The molecule has 0 spiro atoms. The van der Waals surface area contributed by atoms with Crippen LogP contribution in [0.2, 0.25) is 0 Å². The number of piperidine rings is 1. The first kappa shape index (κ1) is 17.8. The van der Waals surface area contributed by atoms with Crippen LogP contribution in [0.4, 0.5) is 10.9 Å². The molecule has 0 aliphatic carbocycles. The van der Waals surface area contributed by atoms with Crippen LogP contribution in [-0.4, -0.2) is 52.6 Å². The van der Waals surface area contributed by atoms with Crippen molar-refractivity contribution < 1.29 is 9.53 Å². The highest BCUT2D eigenvalue weighted by atomic mass is 32.1. The van der Waals surface area contributed by atoms with Crippen LogP contribution in [0.25, 0.3) is 0 Å². The number of thiazole rings is 1. The predicted octanol–water partition coefficient (Wildman–Crippen LogP) is 2.73. The minimum atomic E-state index is 0.139. The molecule has 134 valence electrons. The van der Waals surface area contributed by atoms with Crippen LogP contribution in [0.3, 0.4) is 0 Å². The monoisotopic (exact) mass is 361 g/mol. The van der Waals surface area contributed by atoms with Gasteiger partial charge in [-0.25, -0.2) is 9.97 Å². The van der Waals surface area contributed by atoms with Gasteiger partial charge >= 0.3 is 0 Å². The number of ether oxygens (including phenoxy) is 1. The summed E-state index contributed by atoms with van der Waals surface area (Å²) in [6, 6.07) is 0. The third-order valence-electron chi connectivity index (χ3n) is 4.25. The van der Waals surface area contributed by atoms with Gasteiger partial charge in [-0.1, -0.05) is 0 Å². The predicted molar refractivity (Wildman–Crippen MR) is 97.2 cm³/mol. The molecule has 1 amide bonds. The number of nitrogens with zero attached hydrogens (tertiary/aromatic N) is 4. The van der Waals surface area contributed by atoms with Gasteiger partial charge in [-0.2, -0.15) is 0 Å². The zero-order chi connectivity index (χ0) is 17.6. The van der Waals surface area contributed by atoms with Crippen molar-refractivity contribution in [2.45, 2.75) is 32.1 Å². The van der Waals surface area contributed by atoms with Crippen molar-refractivity contribution in [1.82, 2.24) is 19.9 Å². The molecule has 3 rings (SSSR count). The summed E-state index contributed by atoms with van der Waals surface area (Å²) in [5.74, 6) is 1.05. The summed E-state index contributed by atoms with van der Waals surface area (Å²) in [6.07, 6.45) is 5.78. The molecular weight excluding hydrogens is 338 g/mol. The van der Waals surface area contributed by atoms with E-state index in [-0.39, 0.29) is 11.8 Å². The summed E-state index contributed by atoms with van der Waals surface area (Å²) in [7, 11) is 1.62. The Labute approximate surface area is 151 Å². The lowest BCUT2D eigenvalue weighted by molar-refractivity contribution is -0.133. The molecule has 25 heavy (non-hydrogen) atoms. The lowest BCUT2D eigenvalue weighted by Crippen LogP contribution is -2.39. The van der Waals surface area contributed by atoms with Crippen molar-refractivity contribution in [3.8, 4) is 0 Å². The van der Waals surface area contributed by atoms with E-state index in [1.54, 1.807) is 30.8 Å². The average molecular weight is 361 g/mol. The summed E-state index contributed by atoms with van der Waals surface area (Å²) >= 11 is 1.55. The minimum Gasteiger partial charge on any atom is -0.384 e. The number of hydrogen-bond donors (Lipinski definition) is 1. The third kappa shape index (κ3) is 4.52. The van der Waals surface area contributed by atoms with E-state index in [2.05, 4.69) is 20.3 Å². The first-order valence-electron chi connectivity index (χ1n) is 8.44. The van der Waals surface area contributed by atoms with Crippen LogP contribution < -0.4 is 5.32 Å². The van der Waals surface area contributed by atoms with Crippen molar-refractivity contribution in [2.75, 3.05) is 32.1 Å². The van der Waals surface area contributed by atoms with Gasteiger partial charge in [0.2, 0.25) is 5.91 Å². The summed E-state index contributed by atoms with van der Waals surface area (Å²) in [5, 5.41) is 6.08. The third-order valence-corrected chi connectivity index (χ3v) is 5.13. The minimum absolute atomic E-state index is 0.139. The van der Waals surface area contributed by atoms with Crippen molar-refractivity contribution in [2.24, 2.45) is 0 Å². The number of amides is 1. The molecule has 8 heteroatoms. The molecule has 1 unspecified atom stereocenters. The number of nitrogens with one attached hydrogen (secondary N) is 1. The SMILES string of the molecule is COCCC(=O)N1CCCC(c2nccnc2Nc2nc(C)cs2)C1. The number of anilines is 2. The van der Waals surface area contributed by atoms with Crippen LogP contribution in [0.5, 0.6) is 0 Å². The molecule has 0 bridgehead atoms. The molecule has 7 nitrogen and oxygen atoms in total. The highest BCUT2D eigenvalue weighted by Crippen LogP contribution is 2.31. The summed E-state index contributed by atoms with van der Waals surface area (Å²) in [4.78, 5) is 27.6. The number of aryl methyl sites for hydroxylation is 1. The van der Waals surface area contributed by atoms with Gasteiger partial charge in [0, 0.05) is 43.9 Å². The smallest absolute Gasteiger partial charge is 0.224 e. The van der Waals surface area contributed by atoms with E-state index in [1.165, 1.54) is 0 Å². The maximum Gasteiger partial charge on any atom is 0.224 e. The molecule has 1 fully saturated rings. The highest BCUT2D eigenvalue weighted by molar-refractivity contribution is 7.13. The van der Waals surface area contributed by atoms with E-state index in [9.17, 15) is 4.79 Å². The molecule has 1 aliphatic rings.